The third-order valence-corrected chi connectivity index (χ3v) is 5.62. The summed E-state index contributed by atoms with van der Waals surface area (Å²) in [4.78, 5) is 0. The highest BCUT2D eigenvalue weighted by molar-refractivity contribution is 5.64. The fourth-order valence-corrected chi connectivity index (χ4v) is 3.24. The Morgan fingerprint density at radius 2 is 0.875 bits per heavy atom. The quantitative estimate of drug-likeness (QED) is 0.265. The number of benzene rings is 2. The molecule has 0 aromatic heterocycles. The van der Waals surface area contributed by atoms with Crippen LogP contribution in [0.4, 0.5) is 74.6 Å². The summed E-state index contributed by atoms with van der Waals surface area (Å²) in [6.45, 7) is 0. The second-order valence-electron chi connectivity index (χ2n) is 8.36. The lowest BCUT2D eigenvalue weighted by atomic mass is 9.87. The van der Waals surface area contributed by atoms with Gasteiger partial charge in [0.05, 0.1) is 6.10 Å². The van der Waals surface area contributed by atoms with Gasteiger partial charge in [0.2, 0.25) is 0 Å². The second-order valence-corrected chi connectivity index (χ2v) is 8.36. The van der Waals surface area contributed by atoms with E-state index in [4.69, 9.17) is 0 Å². The molecular weight excluding hydrogens is 603 g/mol. The van der Waals surface area contributed by atoms with Crippen molar-refractivity contribution in [1.29, 1.82) is 0 Å². The normalized spacial score (nSPS) is 15.8. The van der Waals surface area contributed by atoms with E-state index in [1.165, 1.54) is 36.4 Å². The molecule has 2 aromatic rings. The van der Waals surface area contributed by atoms with Crippen LogP contribution in [0.15, 0.2) is 54.6 Å². The van der Waals surface area contributed by atoms with Crippen LogP contribution in [-0.4, -0.2) is 52.7 Å². The highest BCUT2D eigenvalue weighted by atomic mass is 19.4. The van der Waals surface area contributed by atoms with Crippen LogP contribution >= 0.6 is 0 Å². The molecule has 1 nitrogen and oxygen atoms in total. The van der Waals surface area contributed by atoms with Gasteiger partial charge < -0.3 is 5.11 Å². The maximum Gasteiger partial charge on any atom is 0.460 e. The first-order chi connectivity index (χ1) is 17.7. The summed E-state index contributed by atoms with van der Waals surface area (Å²) in [7, 11) is 0. The van der Waals surface area contributed by atoms with Crippen molar-refractivity contribution in [2.45, 2.75) is 60.2 Å². The molecule has 40 heavy (non-hydrogen) atoms. The molecule has 1 unspecified atom stereocenters. The third kappa shape index (κ3) is 4.95. The van der Waals surface area contributed by atoms with Gasteiger partial charge in [0.15, 0.2) is 0 Å². The molecule has 0 aliphatic carbocycles. The first kappa shape index (κ1) is 33.4. The molecule has 1 atom stereocenters. The molecule has 2 rings (SSSR count). The van der Waals surface area contributed by atoms with Crippen LogP contribution in [0, 0.1) is 0 Å². The predicted octanol–water partition coefficient (Wildman–Crippen LogP) is 8.79. The van der Waals surface area contributed by atoms with Gasteiger partial charge in [-0.1, -0.05) is 48.5 Å². The Morgan fingerprint density at radius 3 is 1.32 bits per heavy atom. The molecule has 0 aliphatic heterocycles. The van der Waals surface area contributed by atoms with Crippen LogP contribution in [0.2, 0.25) is 0 Å². The summed E-state index contributed by atoms with van der Waals surface area (Å²) in [5.74, 6) is -57.0. The lowest BCUT2D eigenvalue weighted by Gasteiger charge is -2.43. The largest absolute Gasteiger partial charge is 0.460 e. The third-order valence-electron chi connectivity index (χ3n) is 5.62. The molecule has 0 bridgehead atoms. The molecule has 0 amide bonds. The molecule has 0 heterocycles. The Kier molecular flexibility index (Phi) is 8.30. The van der Waals surface area contributed by atoms with Crippen molar-refractivity contribution < 1.29 is 79.7 Å². The summed E-state index contributed by atoms with van der Waals surface area (Å²) in [5, 5.41) is 9.91. The number of hydrogen-bond acceptors (Lipinski definition) is 1. The van der Waals surface area contributed by atoms with Gasteiger partial charge in [-0.05, 0) is 22.8 Å². The van der Waals surface area contributed by atoms with Crippen LogP contribution in [-0.2, 0) is 0 Å². The summed E-state index contributed by atoms with van der Waals surface area (Å²) in [6.07, 6.45) is -13.7. The van der Waals surface area contributed by atoms with E-state index in [1.807, 2.05) is 0 Å². The molecule has 0 fully saturated rings. The molecule has 226 valence electrons. The fourth-order valence-electron chi connectivity index (χ4n) is 3.24. The molecule has 0 saturated heterocycles. The number of rotatable bonds is 10. The topological polar surface area (TPSA) is 20.2 Å². The van der Waals surface area contributed by atoms with Gasteiger partial charge in [-0.25, -0.2) is 0 Å². The summed E-state index contributed by atoms with van der Waals surface area (Å²) >= 11 is 0. The van der Waals surface area contributed by atoms with Crippen LogP contribution in [0.1, 0.15) is 18.1 Å². The maximum absolute atomic E-state index is 14.2. The molecule has 0 spiro atoms. The van der Waals surface area contributed by atoms with Gasteiger partial charge in [0, 0.05) is 6.42 Å². The van der Waals surface area contributed by atoms with Crippen molar-refractivity contribution in [2.24, 2.45) is 0 Å². The second kappa shape index (κ2) is 9.94. The van der Waals surface area contributed by atoms with Gasteiger partial charge in [0.25, 0.3) is 0 Å². The SMILES string of the molecule is OC(CC(F)(F)C(F)(F)C(F)(F)C(F)(F)C(F)(F)C(F)(F)C(F)(F)C(F)(F)F)c1cccc(-c2ccccc2)c1. The van der Waals surface area contributed by atoms with Crippen LogP contribution in [0.3, 0.4) is 0 Å². The van der Waals surface area contributed by atoms with Crippen molar-refractivity contribution in [3.63, 3.8) is 0 Å². The van der Waals surface area contributed by atoms with Crippen molar-refractivity contribution >= 4 is 0 Å². The number of aliphatic hydroxyl groups is 1. The Labute approximate surface area is 212 Å². The number of alkyl halides is 17. The average Bonchev–Trinajstić information content (AvgIpc) is 2.83. The lowest BCUT2D eigenvalue weighted by molar-refractivity contribution is -0.462. The summed E-state index contributed by atoms with van der Waals surface area (Å²) in [6, 6.07) is 11.2. The zero-order chi connectivity index (χ0) is 31.4. The standard InChI is InChI=1S/C22H13F17O/c23-15(24,10-14(40)13-8-4-7-12(9-13)11-5-2-1-3-6-11)16(25,26)17(27,28)18(29,30)19(31,32)20(33,34)21(35,36)22(37,38)39/h1-9,14,40H,10H2. The van der Waals surface area contributed by atoms with Gasteiger partial charge in [-0.2, -0.15) is 74.6 Å². The Bertz CT molecular complexity index is 1170. The molecule has 0 saturated carbocycles. The minimum Gasteiger partial charge on any atom is -0.388 e. The van der Waals surface area contributed by atoms with Crippen molar-refractivity contribution in [1.82, 2.24) is 0 Å². The molecule has 0 aliphatic rings. The van der Waals surface area contributed by atoms with E-state index >= 15 is 0 Å². The van der Waals surface area contributed by atoms with Crippen molar-refractivity contribution in [3.8, 4) is 11.1 Å². The zero-order valence-corrected chi connectivity index (χ0v) is 18.9. The highest BCUT2D eigenvalue weighted by Gasteiger charge is 2.95. The number of halogens is 17. The van der Waals surface area contributed by atoms with Gasteiger partial charge in [0.1, 0.15) is 0 Å². The fraction of sp³-hybridized carbons (Fsp3) is 0.455. The van der Waals surface area contributed by atoms with E-state index in [1.54, 1.807) is 0 Å². The van der Waals surface area contributed by atoms with Crippen molar-refractivity contribution in [3.05, 3.63) is 60.2 Å². The Morgan fingerprint density at radius 1 is 0.475 bits per heavy atom. The maximum atomic E-state index is 14.2. The summed E-state index contributed by atoms with van der Waals surface area (Å²) in [5.41, 5.74) is -0.302. The monoisotopic (exact) mass is 616 g/mol. The van der Waals surface area contributed by atoms with E-state index in [-0.39, 0.29) is 5.56 Å². The van der Waals surface area contributed by atoms with Crippen molar-refractivity contribution in [2.75, 3.05) is 0 Å². The minimum absolute atomic E-state index is 0.108. The first-order valence-corrected chi connectivity index (χ1v) is 10.3. The average molecular weight is 616 g/mol. The Hall–Kier alpha value is -2.79. The molecule has 2 aromatic carbocycles. The van der Waals surface area contributed by atoms with E-state index < -0.39 is 65.7 Å². The van der Waals surface area contributed by atoms with Gasteiger partial charge in [-0.15, -0.1) is 0 Å². The highest BCUT2D eigenvalue weighted by Crippen LogP contribution is 2.64. The smallest absolute Gasteiger partial charge is 0.388 e. The van der Waals surface area contributed by atoms with E-state index in [9.17, 15) is 79.7 Å². The Balaban J connectivity index is 2.48. The first-order valence-electron chi connectivity index (χ1n) is 10.3. The molecule has 0 radical (unpaired) electrons. The van der Waals surface area contributed by atoms with Crippen LogP contribution < -0.4 is 0 Å². The van der Waals surface area contributed by atoms with Gasteiger partial charge in [-0.3, -0.25) is 0 Å². The van der Waals surface area contributed by atoms with E-state index in [2.05, 4.69) is 0 Å². The van der Waals surface area contributed by atoms with Crippen LogP contribution in [0.5, 0.6) is 0 Å². The predicted molar refractivity (Wildman–Crippen MR) is 102 cm³/mol. The minimum atomic E-state index is -8.69. The van der Waals surface area contributed by atoms with E-state index in [0.29, 0.717) is 5.56 Å². The molecular formula is C22H13F17O. The molecule has 1 N–H and O–H groups in total. The zero-order valence-electron chi connectivity index (χ0n) is 18.9. The number of hydrogen-bond donors (Lipinski definition) is 1. The summed E-state index contributed by atoms with van der Waals surface area (Å²) < 4.78 is 228. The number of aliphatic hydroxyl groups excluding tert-OH is 1. The lowest BCUT2D eigenvalue weighted by Crippen LogP contribution is -2.74. The molecule has 18 heteroatoms. The van der Waals surface area contributed by atoms with Gasteiger partial charge >= 0.3 is 47.6 Å². The van der Waals surface area contributed by atoms with E-state index in [0.717, 1.165) is 18.2 Å². The van der Waals surface area contributed by atoms with Crippen LogP contribution in [0.25, 0.3) is 11.1 Å².